The number of likely N-dealkylation sites (tertiary alicyclic amines) is 1. The smallest absolute Gasteiger partial charge is 0.274 e. The Balaban J connectivity index is 1.54. The van der Waals surface area contributed by atoms with E-state index >= 15 is 0 Å². The number of carbonyl (C=O) groups is 2. The zero-order valence-corrected chi connectivity index (χ0v) is 15.4. The average Bonchev–Trinajstić information content (AvgIpc) is 3.37. The molecule has 144 valence electrons. The summed E-state index contributed by atoms with van der Waals surface area (Å²) in [5, 5.41) is 11.3. The van der Waals surface area contributed by atoms with Gasteiger partial charge in [0, 0.05) is 32.9 Å². The van der Waals surface area contributed by atoms with Crippen LogP contribution in [0.15, 0.2) is 18.3 Å². The molecule has 0 aromatic carbocycles. The number of aromatic amines is 1. The number of hydrogen-bond donors (Lipinski definition) is 1. The number of rotatable bonds is 3. The largest absolute Gasteiger partial charge is 0.378 e. The highest BCUT2D eigenvalue weighted by Gasteiger charge is 2.32. The molecule has 4 rings (SSSR count). The summed E-state index contributed by atoms with van der Waals surface area (Å²) in [6.45, 7) is 2.95. The molecule has 2 aliphatic heterocycles. The van der Waals surface area contributed by atoms with Gasteiger partial charge < -0.3 is 14.5 Å². The van der Waals surface area contributed by atoms with Crippen molar-refractivity contribution in [2.75, 3.05) is 32.8 Å². The van der Waals surface area contributed by atoms with Crippen molar-refractivity contribution in [3.05, 3.63) is 35.4 Å². The highest BCUT2D eigenvalue weighted by atomic mass is 16.5. The van der Waals surface area contributed by atoms with E-state index in [-0.39, 0.29) is 17.9 Å². The van der Waals surface area contributed by atoms with E-state index in [1.807, 2.05) is 4.90 Å². The summed E-state index contributed by atoms with van der Waals surface area (Å²) < 4.78 is 6.89. The van der Waals surface area contributed by atoms with Crippen LogP contribution in [-0.2, 0) is 11.8 Å². The lowest BCUT2D eigenvalue weighted by Crippen LogP contribution is -2.41. The topological polar surface area (TPSA) is 96.3 Å². The number of amides is 2. The van der Waals surface area contributed by atoms with Crippen molar-refractivity contribution in [2.24, 2.45) is 7.05 Å². The molecule has 0 bridgehead atoms. The first-order valence-corrected chi connectivity index (χ1v) is 9.36. The van der Waals surface area contributed by atoms with Gasteiger partial charge in [0.1, 0.15) is 11.4 Å². The van der Waals surface area contributed by atoms with Crippen molar-refractivity contribution in [3.8, 4) is 0 Å². The van der Waals surface area contributed by atoms with Crippen LogP contribution in [0.3, 0.4) is 0 Å². The van der Waals surface area contributed by atoms with Crippen LogP contribution in [0.25, 0.3) is 0 Å². The van der Waals surface area contributed by atoms with Crippen LogP contribution in [0.4, 0.5) is 0 Å². The van der Waals surface area contributed by atoms with E-state index in [0.29, 0.717) is 44.2 Å². The summed E-state index contributed by atoms with van der Waals surface area (Å²) in [5.41, 5.74) is 1.76. The summed E-state index contributed by atoms with van der Waals surface area (Å²) in [6.07, 6.45) is 4.47. The summed E-state index contributed by atoms with van der Waals surface area (Å²) in [6, 6.07) is 3.41. The van der Waals surface area contributed by atoms with Gasteiger partial charge in [-0.05, 0) is 31.4 Å². The van der Waals surface area contributed by atoms with E-state index in [9.17, 15) is 9.59 Å². The van der Waals surface area contributed by atoms with E-state index < -0.39 is 0 Å². The number of piperidine rings is 1. The number of morpholine rings is 1. The highest BCUT2D eigenvalue weighted by Crippen LogP contribution is 2.31. The molecule has 2 aliphatic rings. The van der Waals surface area contributed by atoms with Gasteiger partial charge in [-0.1, -0.05) is 0 Å². The van der Waals surface area contributed by atoms with Crippen molar-refractivity contribution >= 4 is 11.8 Å². The Bertz CT molecular complexity index is 823. The monoisotopic (exact) mass is 372 g/mol. The van der Waals surface area contributed by atoms with Crippen LogP contribution in [0.1, 0.15) is 52.0 Å². The number of nitrogens with zero attached hydrogens (tertiary/aromatic N) is 5. The average molecular weight is 372 g/mol. The quantitative estimate of drug-likeness (QED) is 0.866. The van der Waals surface area contributed by atoms with Gasteiger partial charge >= 0.3 is 0 Å². The first-order valence-electron chi connectivity index (χ1n) is 9.36. The Kier molecular flexibility index (Phi) is 4.93. The van der Waals surface area contributed by atoms with Crippen LogP contribution < -0.4 is 0 Å². The molecule has 1 atom stereocenters. The maximum absolute atomic E-state index is 13.0. The van der Waals surface area contributed by atoms with Crippen molar-refractivity contribution in [1.82, 2.24) is 29.8 Å². The standard InChI is InChI=1S/C18H24N6O3/c1-22-16(5-6-19-22)18(26)24-7-3-2-4-15(24)13-12-14(21-20-13)17(25)23-8-10-27-11-9-23/h5-6,12,15H,2-4,7-11H2,1H3,(H,20,21)/t15-/m1/s1. The lowest BCUT2D eigenvalue weighted by molar-refractivity contribution is 0.0299. The van der Waals surface area contributed by atoms with Gasteiger partial charge in [0.25, 0.3) is 11.8 Å². The minimum Gasteiger partial charge on any atom is -0.378 e. The maximum atomic E-state index is 13.0. The molecule has 2 aromatic heterocycles. The van der Waals surface area contributed by atoms with E-state index in [0.717, 1.165) is 25.0 Å². The van der Waals surface area contributed by atoms with Crippen molar-refractivity contribution < 1.29 is 14.3 Å². The first kappa shape index (κ1) is 17.7. The normalized spacial score (nSPS) is 20.7. The number of aryl methyl sites for hydroxylation is 1. The van der Waals surface area contributed by atoms with Crippen LogP contribution in [0.2, 0.25) is 0 Å². The van der Waals surface area contributed by atoms with Crippen molar-refractivity contribution in [1.29, 1.82) is 0 Å². The van der Waals surface area contributed by atoms with Gasteiger partial charge in [0.2, 0.25) is 0 Å². The Morgan fingerprint density at radius 3 is 2.74 bits per heavy atom. The number of H-pyrrole nitrogens is 1. The van der Waals surface area contributed by atoms with E-state index in [4.69, 9.17) is 4.74 Å². The number of nitrogens with one attached hydrogen (secondary N) is 1. The van der Waals surface area contributed by atoms with Gasteiger partial charge in [-0.15, -0.1) is 0 Å². The van der Waals surface area contributed by atoms with Crippen molar-refractivity contribution in [3.63, 3.8) is 0 Å². The van der Waals surface area contributed by atoms with E-state index in [2.05, 4.69) is 15.3 Å². The maximum Gasteiger partial charge on any atom is 0.274 e. The predicted octanol–water partition coefficient (Wildman–Crippen LogP) is 0.983. The van der Waals surface area contributed by atoms with E-state index in [1.54, 1.807) is 35.0 Å². The number of carbonyl (C=O) groups excluding carboxylic acids is 2. The number of aromatic nitrogens is 4. The molecule has 2 fully saturated rings. The van der Waals surface area contributed by atoms with E-state index in [1.165, 1.54) is 0 Å². The fraction of sp³-hybridized carbons (Fsp3) is 0.556. The fourth-order valence-electron chi connectivity index (χ4n) is 3.77. The van der Waals surface area contributed by atoms with Gasteiger partial charge in [-0.2, -0.15) is 10.2 Å². The third kappa shape index (κ3) is 3.46. The number of hydrogen-bond acceptors (Lipinski definition) is 5. The Labute approximate surface area is 157 Å². The minimum absolute atomic E-state index is 0.0460. The summed E-state index contributed by atoms with van der Waals surface area (Å²) in [5.74, 6) is -0.142. The Morgan fingerprint density at radius 1 is 1.19 bits per heavy atom. The second-order valence-corrected chi connectivity index (χ2v) is 6.96. The molecule has 0 spiro atoms. The molecule has 9 nitrogen and oxygen atoms in total. The third-order valence-electron chi connectivity index (χ3n) is 5.28. The molecule has 9 heteroatoms. The molecule has 2 aromatic rings. The highest BCUT2D eigenvalue weighted by molar-refractivity contribution is 5.93. The predicted molar refractivity (Wildman–Crippen MR) is 96.1 cm³/mol. The second-order valence-electron chi connectivity index (χ2n) is 6.96. The Morgan fingerprint density at radius 2 is 2.00 bits per heavy atom. The van der Waals surface area contributed by atoms with Crippen LogP contribution in [0, 0.1) is 0 Å². The molecule has 0 unspecified atom stereocenters. The Hall–Kier alpha value is -2.68. The molecule has 0 saturated carbocycles. The summed E-state index contributed by atoms with van der Waals surface area (Å²) in [4.78, 5) is 29.2. The molecule has 2 amide bonds. The molecular weight excluding hydrogens is 348 g/mol. The summed E-state index contributed by atoms with van der Waals surface area (Å²) >= 11 is 0. The van der Waals surface area contributed by atoms with Crippen molar-refractivity contribution in [2.45, 2.75) is 25.3 Å². The molecule has 0 radical (unpaired) electrons. The molecule has 27 heavy (non-hydrogen) atoms. The minimum atomic E-state index is -0.111. The molecule has 4 heterocycles. The first-order chi connectivity index (χ1) is 13.1. The van der Waals surface area contributed by atoms with Gasteiger partial charge in [-0.25, -0.2) is 0 Å². The van der Waals surface area contributed by atoms with Crippen LogP contribution in [0.5, 0.6) is 0 Å². The zero-order chi connectivity index (χ0) is 18.8. The summed E-state index contributed by atoms with van der Waals surface area (Å²) in [7, 11) is 1.77. The van der Waals surface area contributed by atoms with Crippen LogP contribution >= 0.6 is 0 Å². The van der Waals surface area contributed by atoms with Crippen LogP contribution in [-0.4, -0.2) is 74.4 Å². The van der Waals surface area contributed by atoms with Gasteiger partial charge in [0.05, 0.1) is 24.9 Å². The molecular formula is C18H24N6O3. The SMILES string of the molecule is Cn1nccc1C(=O)N1CCCC[C@@H]1c1cc(C(=O)N2CCOCC2)n[nH]1. The lowest BCUT2D eigenvalue weighted by Gasteiger charge is -2.35. The fourth-order valence-corrected chi connectivity index (χ4v) is 3.77. The van der Waals surface area contributed by atoms with Gasteiger partial charge in [0.15, 0.2) is 0 Å². The zero-order valence-electron chi connectivity index (χ0n) is 15.4. The number of ether oxygens (including phenoxy) is 1. The molecule has 0 aliphatic carbocycles. The lowest BCUT2D eigenvalue weighted by atomic mass is 9.98. The second kappa shape index (κ2) is 7.51. The molecule has 1 N–H and O–H groups in total. The molecule has 2 saturated heterocycles. The third-order valence-corrected chi connectivity index (χ3v) is 5.28. The van der Waals surface area contributed by atoms with Gasteiger partial charge in [-0.3, -0.25) is 19.4 Å².